The summed E-state index contributed by atoms with van der Waals surface area (Å²) in [6.45, 7) is 3.45. The van der Waals surface area contributed by atoms with E-state index in [-0.39, 0.29) is 6.42 Å². The van der Waals surface area contributed by atoms with Gasteiger partial charge in [-0.25, -0.2) is 0 Å². The van der Waals surface area contributed by atoms with Crippen LogP contribution >= 0.6 is 0 Å². The van der Waals surface area contributed by atoms with Gasteiger partial charge in [0, 0.05) is 36.0 Å². The van der Waals surface area contributed by atoms with Crippen LogP contribution in [0.2, 0.25) is 0 Å². The number of halogens is 2. The second-order valence-electron chi connectivity index (χ2n) is 5.35. The summed E-state index contributed by atoms with van der Waals surface area (Å²) in [5.41, 5.74) is 3.39. The third kappa shape index (κ3) is 3.18. The number of aryl methyl sites for hydroxylation is 2. The molecule has 1 aromatic heterocycles. The van der Waals surface area contributed by atoms with Crippen LogP contribution in [-0.4, -0.2) is 40.3 Å². The first-order chi connectivity index (χ1) is 10.3. The van der Waals surface area contributed by atoms with Crippen molar-refractivity contribution >= 4 is 25.2 Å². The van der Waals surface area contributed by atoms with Crippen molar-refractivity contribution in [3.63, 3.8) is 0 Å². The number of rotatable bonds is 5. The van der Waals surface area contributed by atoms with Crippen molar-refractivity contribution in [3.05, 3.63) is 40.9 Å². The zero-order valence-corrected chi connectivity index (χ0v) is 12.8. The lowest BCUT2D eigenvalue weighted by Gasteiger charge is -2.05. The summed E-state index contributed by atoms with van der Waals surface area (Å²) >= 11 is 0. The van der Waals surface area contributed by atoms with E-state index in [4.69, 9.17) is 5.11 Å². The van der Waals surface area contributed by atoms with Crippen LogP contribution in [0.4, 0.5) is 8.63 Å². The van der Waals surface area contributed by atoms with E-state index in [1.54, 1.807) is 33.0 Å². The third-order valence-electron chi connectivity index (χ3n) is 3.81. The van der Waals surface area contributed by atoms with E-state index < -0.39 is 13.4 Å². The number of hydrogen-bond acceptors (Lipinski definition) is 1. The summed E-state index contributed by atoms with van der Waals surface area (Å²) in [4.78, 5) is 10.6. The predicted octanol–water partition coefficient (Wildman–Crippen LogP) is 2.74. The minimum absolute atomic E-state index is 0.0445. The topological polar surface area (TPSA) is 45.2 Å². The number of aromatic nitrogens is 1. The molecular formula is C15H18BF2N2O2+. The maximum Gasteiger partial charge on any atom is 0.677 e. The van der Waals surface area contributed by atoms with Crippen LogP contribution in [0.5, 0.6) is 0 Å². The lowest BCUT2D eigenvalue weighted by molar-refractivity contribution is -0.433. The molecule has 0 aromatic carbocycles. The monoisotopic (exact) mass is 307 g/mol. The summed E-state index contributed by atoms with van der Waals surface area (Å²) in [5, 5.41) is 8.74. The molecule has 1 N–H and O–H groups in total. The van der Waals surface area contributed by atoms with Gasteiger partial charge in [-0.2, -0.15) is 4.58 Å². The molecule has 1 aliphatic rings. The van der Waals surface area contributed by atoms with E-state index in [1.807, 2.05) is 16.7 Å². The van der Waals surface area contributed by atoms with Crippen LogP contribution in [0.1, 0.15) is 29.8 Å². The van der Waals surface area contributed by atoms with Gasteiger partial charge in [-0.3, -0.25) is 13.4 Å². The molecule has 0 radical (unpaired) electrons. The van der Waals surface area contributed by atoms with Crippen LogP contribution in [0.3, 0.4) is 0 Å². The fourth-order valence-corrected chi connectivity index (χ4v) is 2.62. The van der Waals surface area contributed by atoms with E-state index >= 15 is 0 Å². The highest BCUT2D eigenvalue weighted by Crippen LogP contribution is 2.22. The fraction of sp³-hybridized carbons (Fsp3) is 0.333. The number of carboxylic acids is 1. The highest BCUT2D eigenvalue weighted by atomic mass is 19.2. The Bertz CT molecular complexity index is 703. The molecule has 0 bridgehead atoms. The Morgan fingerprint density at radius 1 is 1.41 bits per heavy atom. The molecule has 4 nitrogen and oxygen atoms in total. The normalized spacial score (nSPS) is 16.0. The van der Waals surface area contributed by atoms with Gasteiger partial charge in [-0.1, -0.05) is 0 Å². The Morgan fingerprint density at radius 2 is 2.09 bits per heavy atom. The molecule has 0 fully saturated rings. The van der Waals surface area contributed by atoms with Crippen molar-refractivity contribution in [2.45, 2.75) is 26.7 Å². The Labute approximate surface area is 128 Å². The molecular weight excluding hydrogens is 289 g/mol. The Balaban J connectivity index is 2.36. The SMILES string of the molecule is Cc1cc(C)n(B(F)F)c1/C=C1/C=CC(CCC(=O)O)=[N+]1C. The maximum absolute atomic E-state index is 13.2. The molecule has 0 saturated heterocycles. The van der Waals surface area contributed by atoms with Gasteiger partial charge < -0.3 is 9.58 Å². The molecule has 22 heavy (non-hydrogen) atoms. The van der Waals surface area contributed by atoms with Gasteiger partial charge in [0.05, 0.1) is 6.42 Å². The van der Waals surface area contributed by atoms with E-state index in [0.29, 0.717) is 17.8 Å². The Morgan fingerprint density at radius 3 is 2.68 bits per heavy atom. The van der Waals surface area contributed by atoms with E-state index in [2.05, 4.69) is 0 Å². The van der Waals surface area contributed by atoms with Gasteiger partial charge >= 0.3 is 13.4 Å². The smallest absolute Gasteiger partial charge is 0.481 e. The van der Waals surface area contributed by atoms with Gasteiger partial charge in [-0.05, 0) is 25.5 Å². The van der Waals surface area contributed by atoms with Gasteiger partial charge in [-0.15, -0.1) is 0 Å². The maximum atomic E-state index is 13.2. The van der Waals surface area contributed by atoms with Gasteiger partial charge in [0.15, 0.2) is 5.71 Å². The molecule has 116 valence electrons. The highest BCUT2D eigenvalue weighted by Gasteiger charge is 2.25. The van der Waals surface area contributed by atoms with Crippen molar-refractivity contribution in [2.24, 2.45) is 0 Å². The lowest BCUT2D eigenvalue weighted by atomic mass is 10.1. The van der Waals surface area contributed by atoms with Crippen LogP contribution in [0.25, 0.3) is 6.08 Å². The third-order valence-corrected chi connectivity index (χ3v) is 3.81. The summed E-state index contributed by atoms with van der Waals surface area (Å²) in [6, 6.07) is 1.73. The molecule has 0 amide bonds. The summed E-state index contributed by atoms with van der Waals surface area (Å²) in [7, 11) is -0.785. The Kier molecular flexibility index (Phi) is 4.64. The van der Waals surface area contributed by atoms with Crippen LogP contribution in [0.15, 0.2) is 23.9 Å². The molecule has 1 aliphatic heterocycles. The van der Waals surface area contributed by atoms with Crippen molar-refractivity contribution in [3.8, 4) is 0 Å². The number of aliphatic carboxylic acids is 1. The molecule has 2 heterocycles. The van der Waals surface area contributed by atoms with Crippen molar-refractivity contribution < 1.29 is 23.1 Å². The summed E-state index contributed by atoms with van der Waals surface area (Å²) < 4.78 is 29.2. The minimum Gasteiger partial charge on any atom is -0.481 e. The molecule has 1 aromatic rings. The number of allylic oxidation sites excluding steroid dienone is 2. The van der Waals surface area contributed by atoms with Crippen LogP contribution in [-0.2, 0) is 4.79 Å². The summed E-state index contributed by atoms with van der Waals surface area (Å²) in [6.07, 6.45) is 5.80. The zero-order chi connectivity index (χ0) is 16.4. The standard InChI is InChI=1S/C15H17BF2N2O2/c1-10-8-11(2)20(16(17)18)14(10)9-13-5-4-12(19(13)3)6-7-15(21)22/h4-5,8-9H,6-7H2,1-3H3/p+1. The average molecular weight is 307 g/mol. The van der Waals surface area contributed by atoms with Crippen molar-refractivity contribution in [1.29, 1.82) is 0 Å². The van der Waals surface area contributed by atoms with E-state index in [1.165, 1.54) is 0 Å². The lowest BCUT2D eigenvalue weighted by Crippen LogP contribution is -2.17. The van der Waals surface area contributed by atoms with E-state index in [0.717, 1.165) is 21.5 Å². The van der Waals surface area contributed by atoms with Crippen molar-refractivity contribution in [2.75, 3.05) is 7.05 Å². The first-order valence-electron chi connectivity index (χ1n) is 6.99. The van der Waals surface area contributed by atoms with Crippen LogP contribution < -0.4 is 0 Å². The van der Waals surface area contributed by atoms with Gasteiger partial charge in [0.25, 0.3) is 0 Å². The fourth-order valence-electron chi connectivity index (χ4n) is 2.62. The molecule has 2 rings (SSSR count). The van der Waals surface area contributed by atoms with Gasteiger partial charge in [0.2, 0.25) is 5.70 Å². The number of nitrogens with zero attached hydrogens (tertiary/aromatic N) is 2. The largest absolute Gasteiger partial charge is 0.677 e. The number of carboxylic acid groups (broad SMARTS) is 1. The molecule has 0 aliphatic carbocycles. The zero-order valence-electron chi connectivity index (χ0n) is 12.8. The minimum atomic E-state index is -2.59. The molecule has 7 heteroatoms. The first-order valence-corrected chi connectivity index (χ1v) is 6.99. The Hall–Kier alpha value is -2.18. The highest BCUT2D eigenvalue weighted by molar-refractivity contribution is 6.41. The number of likely N-dealkylation sites (N-methyl/N-ethyl adjacent to an activating group) is 1. The molecule has 0 spiro atoms. The molecule has 0 unspecified atom stereocenters. The predicted molar refractivity (Wildman–Crippen MR) is 82.5 cm³/mol. The van der Waals surface area contributed by atoms with Crippen molar-refractivity contribution in [1.82, 2.24) is 4.48 Å². The van der Waals surface area contributed by atoms with Gasteiger partial charge in [0.1, 0.15) is 7.05 Å². The van der Waals surface area contributed by atoms with E-state index in [9.17, 15) is 13.4 Å². The molecule has 0 atom stereocenters. The number of carbonyl (C=O) groups is 1. The number of hydrogen-bond donors (Lipinski definition) is 1. The average Bonchev–Trinajstić information content (AvgIpc) is 2.89. The molecule has 0 saturated carbocycles. The summed E-state index contributed by atoms with van der Waals surface area (Å²) in [5.74, 6) is -0.857. The van der Waals surface area contributed by atoms with Crippen LogP contribution in [0, 0.1) is 13.8 Å². The first kappa shape index (κ1) is 16.2. The quantitative estimate of drug-likeness (QED) is 0.671. The second-order valence-corrected chi connectivity index (χ2v) is 5.35. The second kappa shape index (κ2) is 6.29.